The maximum Gasteiger partial charge on any atom is 0.410 e. The largest absolute Gasteiger partial charge is 0.444 e. The van der Waals surface area contributed by atoms with Crippen LogP contribution in [0.1, 0.15) is 52.1 Å². The lowest BCUT2D eigenvalue weighted by Gasteiger charge is -2.43. The first-order chi connectivity index (χ1) is 10.5. The van der Waals surface area contributed by atoms with E-state index in [1.54, 1.807) is 17.9 Å². The molecule has 1 N–H and O–H groups in total. The Balaban J connectivity index is 2.34. The van der Waals surface area contributed by atoms with E-state index in [9.17, 15) is 9.90 Å². The van der Waals surface area contributed by atoms with E-state index in [0.29, 0.717) is 24.4 Å². The van der Waals surface area contributed by atoms with Gasteiger partial charge in [0, 0.05) is 22.5 Å². The summed E-state index contributed by atoms with van der Waals surface area (Å²) >= 11 is 9.58. The zero-order valence-electron chi connectivity index (χ0n) is 13.9. The van der Waals surface area contributed by atoms with Crippen LogP contribution in [0.2, 0.25) is 5.02 Å². The van der Waals surface area contributed by atoms with E-state index in [-0.39, 0.29) is 12.1 Å². The van der Waals surface area contributed by atoms with Crippen LogP contribution in [0.5, 0.6) is 0 Å². The molecule has 0 spiro atoms. The molecular weight excluding hydrogens is 382 g/mol. The molecule has 1 amide bonds. The predicted octanol–water partition coefficient (Wildman–Crippen LogP) is 4.93. The number of hydrogen-bond acceptors (Lipinski definition) is 3. The first-order valence-corrected chi connectivity index (χ1v) is 8.82. The van der Waals surface area contributed by atoms with E-state index in [1.807, 2.05) is 32.9 Å². The fourth-order valence-corrected chi connectivity index (χ4v) is 3.64. The van der Waals surface area contributed by atoms with Crippen LogP contribution in [0, 0.1) is 0 Å². The summed E-state index contributed by atoms with van der Waals surface area (Å²) in [5, 5.41) is 11.0. The SMILES string of the molecule is CC(C)(C)OC(=O)N1CC[C@](C)(O)C[C@@H]1c1cc(Cl)cc(Br)c1. The molecule has 1 fully saturated rings. The van der Waals surface area contributed by atoms with Crippen LogP contribution in [0.3, 0.4) is 0 Å². The van der Waals surface area contributed by atoms with Crippen molar-refractivity contribution in [3.05, 3.63) is 33.3 Å². The molecule has 6 heteroatoms. The monoisotopic (exact) mass is 403 g/mol. The van der Waals surface area contributed by atoms with Crippen LogP contribution in [0.25, 0.3) is 0 Å². The van der Waals surface area contributed by atoms with Gasteiger partial charge in [-0.15, -0.1) is 0 Å². The molecule has 1 heterocycles. The molecule has 4 nitrogen and oxygen atoms in total. The van der Waals surface area contributed by atoms with Gasteiger partial charge in [0.05, 0.1) is 11.6 Å². The Morgan fingerprint density at radius 3 is 2.65 bits per heavy atom. The quantitative estimate of drug-likeness (QED) is 0.722. The van der Waals surface area contributed by atoms with Crippen molar-refractivity contribution in [2.75, 3.05) is 6.54 Å². The molecule has 0 aromatic heterocycles. The average molecular weight is 405 g/mol. The van der Waals surface area contributed by atoms with E-state index in [1.165, 1.54) is 0 Å². The van der Waals surface area contributed by atoms with Crippen LogP contribution < -0.4 is 0 Å². The summed E-state index contributed by atoms with van der Waals surface area (Å²) in [7, 11) is 0. The minimum absolute atomic E-state index is 0.274. The molecule has 1 aromatic rings. The molecule has 128 valence electrons. The summed E-state index contributed by atoms with van der Waals surface area (Å²) in [6.07, 6.45) is 0.595. The Labute approximate surface area is 150 Å². The van der Waals surface area contributed by atoms with Gasteiger partial charge in [0.15, 0.2) is 0 Å². The van der Waals surface area contributed by atoms with Crippen molar-refractivity contribution in [1.29, 1.82) is 0 Å². The Kier molecular flexibility index (Phi) is 5.34. The van der Waals surface area contributed by atoms with Gasteiger partial charge in [0.2, 0.25) is 0 Å². The fourth-order valence-electron chi connectivity index (χ4n) is 2.75. The van der Waals surface area contributed by atoms with Crippen LogP contribution in [0.15, 0.2) is 22.7 Å². The van der Waals surface area contributed by atoms with Crippen LogP contribution in [-0.4, -0.2) is 33.8 Å². The predicted molar refractivity (Wildman–Crippen MR) is 94.7 cm³/mol. The van der Waals surface area contributed by atoms with Crippen molar-refractivity contribution in [3.8, 4) is 0 Å². The molecule has 0 saturated carbocycles. The summed E-state index contributed by atoms with van der Waals surface area (Å²) < 4.78 is 6.36. The van der Waals surface area contributed by atoms with Gasteiger partial charge >= 0.3 is 6.09 Å². The lowest BCUT2D eigenvalue weighted by Crippen LogP contribution is -2.48. The average Bonchev–Trinajstić information content (AvgIpc) is 2.34. The van der Waals surface area contributed by atoms with Gasteiger partial charge in [-0.1, -0.05) is 27.5 Å². The van der Waals surface area contributed by atoms with Crippen molar-refractivity contribution in [2.45, 2.75) is 57.8 Å². The van der Waals surface area contributed by atoms with Gasteiger partial charge in [-0.3, -0.25) is 0 Å². The van der Waals surface area contributed by atoms with Crippen molar-refractivity contribution >= 4 is 33.6 Å². The highest BCUT2D eigenvalue weighted by molar-refractivity contribution is 9.10. The molecule has 1 aliphatic rings. The second-order valence-electron chi connectivity index (χ2n) is 7.34. The third kappa shape index (κ3) is 5.10. The van der Waals surface area contributed by atoms with Gasteiger partial charge in [0.25, 0.3) is 0 Å². The summed E-state index contributed by atoms with van der Waals surface area (Å²) in [6.45, 7) is 7.77. The third-order valence-electron chi connectivity index (χ3n) is 3.80. The number of amides is 1. The lowest BCUT2D eigenvalue weighted by atomic mass is 9.85. The Hall–Kier alpha value is -0.780. The van der Waals surface area contributed by atoms with Gasteiger partial charge in [-0.2, -0.15) is 0 Å². The number of benzene rings is 1. The van der Waals surface area contributed by atoms with E-state index >= 15 is 0 Å². The second kappa shape index (κ2) is 6.61. The number of carbonyl (C=O) groups is 1. The van der Waals surface area contributed by atoms with Crippen LogP contribution in [-0.2, 0) is 4.74 Å². The first-order valence-electron chi connectivity index (χ1n) is 7.65. The zero-order valence-corrected chi connectivity index (χ0v) is 16.2. The van der Waals surface area contributed by atoms with Gasteiger partial charge in [0.1, 0.15) is 5.60 Å². The highest BCUT2D eigenvalue weighted by Gasteiger charge is 2.39. The molecular formula is C17H23BrClNO3. The molecule has 1 aromatic carbocycles. The number of ether oxygens (including phenoxy) is 1. The highest BCUT2D eigenvalue weighted by atomic mass is 79.9. The van der Waals surface area contributed by atoms with Gasteiger partial charge in [-0.05, 0) is 57.9 Å². The zero-order chi connectivity index (χ0) is 17.4. The van der Waals surface area contributed by atoms with E-state index in [0.717, 1.165) is 10.0 Å². The van der Waals surface area contributed by atoms with Crippen molar-refractivity contribution in [3.63, 3.8) is 0 Å². The van der Waals surface area contributed by atoms with Crippen molar-refractivity contribution < 1.29 is 14.6 Å². The maximum atomic E-state index is 12.6. The van der Waals surface area contributed by atoms with Crippen LogP contribution >= 0.6 is 27.5 Å². The molecule has 1 aliphatic heterocycles. The van der Waals surface area contributed by atoms with E-state index in [2.05, 4.69) is 15.9 Å². The smallest absolute Gasteiger partial charge is 0.410 e. The molecule has 0 radical (unpaired) electrons. The number of carbonyl (C=O) groups excluding carboxylic acids is 1. The van der Waals surface area contributed by atoms with Gasteiger partial charge in [-0.25, -0.2) is 4.79 Å². The van der Waals surface area contributed by atoms with Crippen molar-refractivity contribution in [2.24, 2.45) is 0 Å². The number of hydrogen-bond donors (Lipinski definition) is 1. The highest BCUT2D eigenvalue weighted by Crippen LogP contribution is 2.39. The Morgan fingerprint density at radius 1 is 1.43 bits per heavy atom. The number of piperidine rings is 1. The van der Waals surface area contributed by atoms with Crippen molar-refractivity contribution in [1.82, 2.24) is 4.90 Å². The summed E-state index contributed by atoms with van der Waals surface area (Å²) in [5.41, 5.74) is -0.496. The molecule has 0 unspecified atom stereocenters. The molecule has 2 rings (SSSR count). The molecule has 2 atom stereocenters. The first kappa shape index (κ1) is 18.6. The molecule has 0 bridgehead atoms. The third-order valence-corrected chi connectivity index (χ3v) is 4.47. The fraction of sp³-hybridized carbons (Fsp3) is 0.588. The summed E-state index contributed by atoms with van der Waals surface area (Å²) in [4.78, 5) is 14.2. The standard InChI is InChI=1S/C17H23BrClNO3/c1-16(2,3)23-15(21)20-6-5-17(4,22)10-14(20)11-7-12(18)9-13(19)8-11/h7-9,14,22H,5-6,10H2,1-4H3/t14-,17+/m1/s1. The number of likely N-dealkylation sites (tertiary alicyclic amines) is 1. The van der Waals surface area contributed by atoms with Gasteiger partial charge < -0.3 is 14.7 Å². The van der Waals surface area contributed by atoms with E-state index < -0.39 is 11.2 Å². The minimum atomic E-state index is -0.821. The molecule has 23 heavy (non-hydrogen) atoms. The molecule has 1 saturated heterocycles. The van der Waals surface area contributed by atoms with Crippen LogP contribution in [0.4, 0.5) is 4.79 Å². The number of aliphatic hydroxyl groups is 1. The maximum absolute atomic E-state index is 12.6. The number of rotatable bonds is 1. The Bertz CT molecular complexity index is 578. The minimum Gasteiger partial charge on any atom is -0.444 e. The molecule has 0 aliphatic carbocycles. The normalized spacial score (nSPS) is 25.3. The topological polar surface area (TPSA) is 49.8 Å². The summed E-state index contributed by atoms with van der Waals surface area (Å²) in [6, 6.07) is 5.28. The lowest BCUT2D eigenvalue weighted by molar-refractivity contribution is -0.0452. The second-order valence-corrected chi connectivity index (χ2v) is 8.70. The summed E-state index contributed by atoms with van der Waals surface area (Å²) in [5.74, 6) is 0. The number of halogens is 2. The number of nitrogens with zero attached hydrogens (tertiary/aromatic N) is 1. The van der Waals surface area contributed by atoms with E-state index in [4.69, 9.17) is 16.3 Å². The Morgan fingerprint density at radius 2 is 2.09 bits per heavy atom.